The number of nitro benzene ring substituents is 1. The summed E-state index contributed by atoms with van der Waals surface area (Å²) in [7, 11) is 0. The van der Waals surface area contributed by atoms with Gasteiger partial charge < -0.3 is 5.11 Å². The second-order valence-corrected chi connectivity index (χ2v) is 6.08. The molecule has 0 fully saturated rings. The van der Waals surface area contributed by atoms with E-state index in [1.807, 2.05) is 22.6 Å². The summed E-state index contributed by atoms with van der Waals surface area (Å²) in [6.07, 6.45) is 1.48. The van der Waals surface area contributed by atoms with E-state index in [0.29, 0.717) is 14.8 Å². The minimum Gasteiger partial charge on any atom is -0.506 e. The monoisotopic (exact) mass is 461 g/mol. The highest BCUT2D eigenvalue weighted by Gasteiger charge is 2.05. The predicted octanol–water partition coefficient (Wildman–Crippen LogP) is 4.11. The van der Waals surface area contributed by atoms with E-state index in [1.165, 1.54) is 18.3 Å². The topological polar surface area (TPSA) is 87.8 Å². The fourth-order valence-corrected chi connectivity index (χ4v) is 3.07. The smallest absolute Gasteiger partial charge is 0.269 e. The maximum atomic E-state index is 10.5. The van der Waals surface area contributed by atoms with Crippen LogP contribution >= 0.6 is 38.5 Å². The number of hydrogen-bond acceptors (Lipinski definition) is 5. The van der Waals surface area contributed by atoms with Crippen LogP contribution in [0.2, 0.25) is 0 Å². The number of phenols is 1. The van der Waals surface area contributed by atoms with E-state index in [-0.39, 0.29) is 11.4 Å². The molecular weight excluding hydrogens is 453 g/mol. The Labute approximate surface area is 142 Å². The van der Waals surface area contributed by atoms with Crippen LogP contribution < -0.4 is 5.43 Å². The number of hydrogen-bond donors (Lipinski definition) is 2. The third kappa shape index (κ3) is 4.14. The molecule has 2 aromatic rings. The van der Waals surface area contributed by atoms with Gasteiger partial charge in [0, 0.05) is 22.2 Å². The van der Waals surface area contributed by atoms with Gasteiger partial charge in [-0.1, -0.05) is 15.9 Å². The van der Waals surface area contributed by atoms with Gasteiger partial charge in [-0.3, -0.25) is 15.5 Å². The number of benzene rings is 2. The van der Waals surface area contributed by atoms with Gasteiger partial charge in [-0.25, -0.2) is 0 Å². The molecule has 0 atom stereocenters. The largest absolute Gasteiger partial charge is 0.506 e. The maximum Gasteiger partial charge on any atom is 0.269 e. The van der Waals surface area contributed by atoms with Crippen molar-refractivity contribution in [1.82, 2.24) is 0 Å². The van der Waals surface area contributed by atoms with Gasteiger partial charge in [0.05, 0.1) is 20.4 Å². The molecule has 2 N–H and O–H groups in total. The van der Waals surface area contributed by atoms with Crippen LogP contribution in [-0.2, 0) is 0 Å². The molecule has 21 heavy (non-hydrogen) atoms. The van der Waals surface area contributed by atoms with Crippen LogP contribution in [0.5, 0.6) is 5.75 Å². The van der Waals surface area contributed by atoms with Gasteiger partial charge in [-0.05, 0) is 46.9 Å². The minimum absolute atomic E-state index is 0.0173. The number of nitrogens with zero attached hydrogens (tertiary/aromatic N) is 2. The molecular formula is C13H9BrIN3O3. The zero-order valence-electron chi connectivity index (χ0n) is 10.5. The zero-order chi connectivity index (χ0) is 15.4. The van der Waals surface area contributed by atoms with E-state index in [4.69, 9.17) is 0 Å². The highest BCUT2D eigenvalue weighted by Crippen LogP contribution is 2.27. The quantitative estimate of drug-likeness (QED) is 0.310. The van der Waals surface area contributed by atoms with Gasteiger partial charge in [0.1, 0.15) is 5.75 Å². The van der Waals surface area contributed by atoms with Crippen molar-refractivity contribution >= 4 is 56.1 Å². The Morgan fingerprint density at radius 1 is 1.33 bits per heavy atom. The minimum atomic E-state index is -0.464. The van der Waals surface area contributed by atoms with E-state index in [0.717, 1.165) is 4.47 Å². The molecule has 0 spiro atoms. The van der Waals surface area contributed by atoms with Crippen molar-refractivity contribution in [3.63, 3.8) is 0 Å². The Morgan fingerprint density at radius 2 is 2.00 bits per heavy atom. The molecule has 0 radical (unpaired) electrons. The van der Waals surface area contributed by atoms with E-state index in [1.54, 1.807) is 24.3 Å². The number of hydrazone groups is 1. The van der Waals surface area contributed by atoms with Gasteiger partial charge in [0.15, 0.2) is 0 Å². The molecule has 2 aromatic carbocycles. The standard InChI is InChI=1S/C13H9BrIN3O3/c14-9-5-8(13(19)12(15)6-9)7-16-17-10-1-3-11(4-2-10)18(20)21/h1-7,17,19H. The number of nitro groups is 1. The van der Waals surface area contributed by atoms with Crippen LogP contribution in [0.4, 0.5) is 11.4 Å². The molecule has 108 valence electrons. The Kier molecular flexibility index (Phi) is 5.12. The predicted molar refractivity (Wildman–Crippen MR) is 92.8 cm³/mol. The Morgan fingerprint density at radius 3 is 2.62 bits per heavy atom. The van der Waals surface area contributed by atoms with Crippen molar-refractivity contribution in [3.05, 3.63) is 60.1 Å². The first kappa shape index (κ1) is 15.7. The number of aromatic hydroxyl groups is 1. The fourth-order valence-electron chi connectivity index (χ4n) is 1.52. The summed E-state index contributed by atoms with van der Waals surface area (Å²) >= 11 is 5.37. The molecule has 0 bridgehead atoms. The Bertz CT molecular complexity index is 705. The molecule has 0 saturated heterocycles. The van der Waals surface area contributed by atoms with E-state index < -0.39 is 4.92 Å². The fraction of sp³-hybridized carbons (Fsp3) is 0. The van der Waals surface area contributed by atoms with E-state index in [9.17, 15) is 15.2 Å². The summed E-state index contributed by atoms with van der Waals surface area (Å²) < 4.78 is 1.54. The second-order valence-electron chi connectivity index (χ2n) is 4.00. The number of phenolic OH excluding ortho intramolecular Hbond substituents is 1. The molecule has 0 aliphatic carbocycles. The number of anilines is 1. The van der Waals surface area contributed by atoms with E-state index >= 15 is 0 Å². The lowest BCUT2D eigenvalue weighted by molar-refractivity contribution is -0.384. The summed E-state index contributed by atoms with van der Waals surface area (Å²) in [6.45, 7) is 0. The molecule has 2 rings (SSSR count). The van der Waals surface area contributed by atoms with Crippen LogP contribution in [0.1, 0.15) is 5.56 Å². The van der Waals surface area contributed by atoms with Gasteiger partial charge in [0.25, 0.3) is 5.69 Å². The molecule has 6 nitrogen and oxygen atoms in total. The number of nitrogens with one attached hydrogen (secondary N) is 1. The number of halogens is 2. The van der Waals surface area contributed by atoms with Crippen LogP contribution in [0.25, 0.3) is 0 Å². The van der Waals surface area contributed by atoms with Crippen molar-refractivity contribution in [1.29, 1.82) is 0 Å². The highest BCUT2D eigenvalue weighted by atomic mass is 127. The lowest BCUT2D eigenvalue weighted by Gasteiger charge is -2.03. The van der Waals surface area contributed by atoms with Crippen LogP contribution in [0.15, 0.2) is 46.0 Å². The normalized spacial score (nSPS) is 10.8. The first-order chi connectivity index (χ1) is 9.97. The second kappa shape index (κ2) is 6.85. The van der Waals surface area contributed by atoms with Crippen molar-refractivity contribution in [3.8, 4) is 5.75 Å². The van der Waals surface area contributed by atoms with Gasteiger partial charge >= 0.3 is 0 Å². The van der Waals surface area contributed by atoms with Gasteiger partial charge in [-0.2, -0.15) is 5.10 Å². The third-order valence-electron chi connectivity index (χ3n) is 2.53. The SMILES string of the molecule is O=[N+]([O-])c1ccc(NN=Cc2cc(Br)cc(I)c2O)cc1. The molecule has 8 heteroatoms. The summed E-state index contributed by atoms with van der Waals surface area (Å²) in [5, 5.41) is 24.4. The average Bonchev–Trinajstić information content (AvgIpc) is 2.44. The van der Waals surface area contributed by atoms with Crippen LogP contribution in [0, 0.1) is 13.7 Å². The Hall–Kier alpha value is -1.68. The molecule has 0 aliphatic rings. The summed E-state index contributed by atoms with van der Waals surface area (Å²) in [6, 6.07) is 9.41. The van der Waals surface area contributed by atoms with Crippen molar-refractivity contribution in [2.24, 2.45) is 5.10 Å². The average molecular weight is 462 g/mol. The lowest BCUT2D eigenvalue weighted by atomic mass is 10.2. The Balaban J connectivity index is 2.10. The van der Waals surface area contributed by atoms with Crippen molar-refractivity contribution < 1.29 is 10.0 Å². The molecule has 0 aromatic heterocycles. The van der Waals surface area contributed by atoms with Crippen LogP contribution in [-0.4, -0.2) is 16.2 Å². The number of rotatable bonds is 4. The molecule has 0 saturated carbocycles. The molecule has 0 unspecified atom stereocenters. The first-order valence-electron chi connectivity index (χ1n) is 5.69. The van der Waals surface area contributed by atoms with Crippen molar-refractivity contribution in [2.45, 2.75) is 0 Å². The third-order valence-corrected chi connectivity index (χ3v) is 3.81. The molecule has 0 aliphatic heterocycles. The van der Waals surface area contributed by atoms with Crippen molar-refractivity contribution in [2.75, 3.05) is 5.43 Å². The highest BCUT2D eigenvalue weighted by molar-refractivity contribution is 14.1. The molecule has 0 amide bonds. The summed E-state index contributed by atoms with van der Waals surface area (Å²) in [5.41, 5.74) is 3.93. The lowest BCUT2D eigenvalue weighted by Crippen LogP contribution is -1.93. The number of non-ortho nitro benzene ring substituents is 1. The molecule has 0 heterocycles. The maximum absolute atomic E-state index is 10.5. The first-order valence-corrected chi connectivity index (χ1v) is 7.56. The van der Waals surface area contributed by atoms with Crippen LogP contribution in [0.3, 0.4) is 0 Å². The van der Waals surface area contributed by atoms with E-state index in [2.05, 4.69) is 26.5 Å². The van der Waals surface area contributed by atoms with Gasteiger partial charge in [0.2, 0.25) is 0 Å². The van der Waals surface area contributed by atoms with Gasteiger partial charge in [-0.15, -0.1) is 0 Å². The zero-order valence-corrected chi connectivity index (χ0v) is 14.2. The summed E-state index contributed by atoms with van der Waals surface area (Å²) in [5.74, 6) is 0.146. The summed E-state index contributed by atoms with van der Waals surface area (Å²) in [4.78, 5) is 10.1.